The van der Waals surface area contributed by atoms with E-state index in [1.807, 2.05) is 31.7 Å². The largest absolute Gasteiger partial charge is 0.358 e. The van der Waals surface area contributed by atoms with Crippen LogP contribution in [0.3, 0.4) is 0 Å². The van der Waals surface area contributed by atoms with Crippen LogP contribution >= 0.6 is 0 Å². The standard InChI is InChI=1S/C15H20N2O/c1-5-17(6-2)15(18)14-11(4)16-13-9-10(3)7-8-12(13)14/h7-9,16H,5-6H2,1-4H3. The van der Waals surface area contributed by atoms with E-state index in [0.29, 0.717) is 0 Å². The predicted octanol–water partition coefficient (Wildman–Crippen LogP) is 3.27. The molecule has 1 aromatic heterocycles. The molecule has 1 N–H and O–H groups in total. The Hall–Kier alpha value is -1.77. The van der Waals surface area contributed by atoms with Gasteiger partial charge >= 0.3 is 0 Å². The number of carbonyl (C=O) groups excluding carboxylic acids is 1. The van der Waals surface area contributed by atoms with Gasteiger partial charge in [-0.25, -0.2) is 0 Å². The van der Waals surface area contributed by atoms with Crippen LogP contribution in [0.1, 0.15) is 35.5 Å². The van der Waals surface area contributed by atoms with Crippen molar-refractivity contribution >= 4 is 16.8 Å². The molecule has 3 nitrogen and oxygen atoms in total. The van der Waals surface area contributed by atoms with Crippen LogP contribution in [0, 0.1) is 13.8 Å². The molecule has 96 valence electrons. The lowest BCUT2D eigenvalue weighted by atomic mass is 10.1. The molecule has 0 radical (unpaired) electrons. The summed E-state index contributed by atoms with van der Waals surface area (Å²) in [5, 5.41) is 1.02. The number of aromatic amines is 1. The summed E-state index contributed by atoms with van der Waals surface area (Å²) in [6.07, 6.45) is 0. The highest BCUT2D eigenvalue weighted by Crippen LogP contribution is 2.24. The monoisotopic (exact) mass is 244 g/mol. The second-order valence-electron chi connectivity index (χ2n) is 4.65. The summed E-state index contributed by atoms with van der Waals surface area (Å²) in [6, 6.07) is 6.17. The molecule has 2 rings (SSSR count). The Morgan fingerprint density at radius 2 is 1.89 bits per heavy atom. The first-order chi connectivity index (χ1) is 8.58. The third kappa shape index (κ3) is 2.01. The van der Waals surface area contributed by atoms with Crippen molar-refractivity contribution in [3.8, 4) is 0 Å². The fraction of sp³-hybridized carbons (Fsp3) is 0.400. The molecule has 1 heterocycles. The van der Waals surface area contributed by atoms with Crippen molar-refractivity contribution in [3.05, 3.63) is 35.0 Å². The molecule has 18 heavy (non-hydrogen) atoms. The lowest BCUT2D eigenvalue weighted by Gasteiger charge is -2.18. The van der Waals surface area contributed by atoms with E-state index >= 15 is 0 Å². The second-order valence-corrected chi connectivity index (χ2v) is 4.65. The summed E-state index contributed by atoms with van der Waals surface area (Å²) in [7, 11) is 0. The maximum Gasteiger partial charge on any atom is 0.256 e. The lowest BCUT2D eigenvalue weighted by molar-refractivity contribution is 0.0774. The minimum absolute atomic E-state index is 0.118. The van der Waals surface area contributed by atoms with Crippen molar-refractivity contribution < 1.29 is 4.79 Å². The number of nitrogens with zero attached hydrogens (tertiary/aromatic N) is 1. The molecule has 0 aliphatic carbocycles. The molecule has 2 aromatic rings. The normalized spacial score (nSPS) is 10.9. The summed E-state index contributed by atoms with van der Waals surface area (Å²) < 4.78 is 0. The van der Waals surface area contributed by atoms with Gasteiger partial charge in [-0.3, -0.25) is 4.79 Å². The quantitative estimate of drug-likeness (QED) is 0.883. The van der Waals surface area contributed by atoms with Crippen LogP contribution in [-0.4, -0.2) is 28.9 Å². The van der Waals surface area contributed by atoms with E-state index in [0.717, 1.165) is 35.2 Å². The van der Waals surface area contributed by atoms with E-state index < -0.39 is 0 Å². The van der Waals surface area contributed by atoms with Crippen molar-refractivity contribution in [2.24, 2.45) is 0 Å². The highest BCUT2D eigenvalue weighted by Gasteiger charge is 2.19. The van der Waals surface area contributed by atoms with Gasteiger partial charge in [0.1, 0.15) is 0 Å². The van der Waals surface area contributed by atoms with E-state index in [1.54, 1.807) is 0 Å². The first kappa shape index (κ1) is 12.7. The summed E-state index contributed by atoms with van der Waals surface area (Å²) in [6.45, 7) is 9.53. The van der Waals surface area contributed by atoms with E-state index in [1.165, 1.54) is 5.56 Å². The zero-order valence-electron chi connectivity index (χ0n) is 11.5. The van der Waals surface area contributed by atoms with Crippen LogP contribution in [0.5, 0.6) is 0 Å². The van der Waals surface area contributed by atoms with Gasteiger partial charge in [-0.15, -0.1) is 0 Å². The number of aromatic nitrogens is 1. The van der Waals surface area contributed by atoms with Crippen molar-refractivity contribution in [1.82, 2.24) is 9.88 Å². The van der Waals surface area contributed by atoms with Crippen LogP contribution in [0.2, 0.25) is 0 Å². The Morgan fingerprint density at radius 1 is 1.22 bits per heavy atom. The first-order valence-corrected chi connectivity index (χ1v) is 6.46. The zero-order valence-corrected chi connectivity index (χ0v) is 11.5. The minimum atomic E-state index is 0.118. The number of rotatable bonds is 3. The Kier molecular flexibility index (Phi) is 3.41. The number of fused-ring (bicyclic) bond motifs is 1. The third-order valence-electron chi connectivity index (χ3n) is 3.41. The SMILES string of the molecule is CCN(CC)C(=O)c1c(C)[nH]c2cc(C)ccc12. The number of benzene rings is 1. The predicted molar refractivity (Wildman–Crippen MR) is 75.0 cm³/mol. The van der Waals surface area contributed by atoms with E-state index in [-0.39, 0.29) is 5.91 Å². The number of carbonyl (C=O) groups is 1. The molecule has 0 fully saturated rings. The van der Waals surface area contributed by atoms with Gasteiger partial charge in [0.15, 0.2) is 0 Å². The number of amides is 1. The molecule has 0 aliphatic heterocycles. The fourth-order valence-corrected chi connectivity index (χ4v) is 2.39. The molecule has 0 saturated carbocycles. The highest BCUT2D eigenvalue weighted by atomic mass is 16.2. The highest BCUT2D eigenvalue weighted by molar-refractivity contribution is 6.08. The Morgan fingerprint density at radius 3 is 2.50 bits per heavy atom. The van der Waals surface area contributed by atoms with Gasteiger partial charge in [0.05, 0.1) is 5.56 Å². The Balaban J connectivity index is 2.57. The van der Waals surface area contributed by atoms with Crippen molar-refractivity contribution in [2.75, 3.05) is 13.1 Å². The van der Waals surface area contributed by atoms with Gasteiger partial charge in [0, 0.05) is 29.7 Å². The fourth-order valence-electron chi connectivity index (χ4n) is 2.39. The lowest BCUT2D eigenvalue weighted by Crippen LogP contribution is -2.30. The molecule has 1 amide bonds. The average molecular weight is 244 g/mol. The topological polar surface area (TPSA) is 36.1 Å². The Bertz CT molecular complexity index is 579. The van der Waals surface area contributed by atoms with Crippen LogP contribution in [0.15, 0.2) is 18.2 Å². The summed E-state index contributed by atoms with van der Waals surface area (Å²) in [4.78, 5) is 17.7. The van der Waals surface area contributed by atoms with Gasteiger partial charge in [0.25, 0.3) is 5.91 Å². The van der Waals surface area contributed by atoms with Gasteiger partial charge in [-0.1, -0.05) is 12.1 Å². The van der Waals surface area contributed by atoms with Crippen LogP contribution in [0.25, 0.3) is 10.9 Å². The molecule has 0 unspecified atom stereocenters. The zero-order chi connectivity index (χ0) is 13.3. The molecule has 0 spiro atoms. The number of hydrogen-bond acceptors (Lipinski definition) is 1. The van der Waals surface area contributed by atoms with E-state index in [9.17, 15) is 4.79 Å². The van der Waals surface area contributed by atoms with Gasteiger partial charge in [0.2, 0.25) is 0 Å². The summed E-state index contributed by atoms with van der Waals surface area (Å²) in [5.41, 5.74) is 4.01. The smallest absolute Gasteiger partial charge is 0.256 e. The molecule has 0 atom stereocenters. The first-order valence-electron chi connectivity index (χ1n) is 6.46. The van der Waals surface area contributed by atoms with E-state index in [2.05, 4.69) is 24.0 Å². The number of aryl methyl sites for hydroxylation is 2. The number of nitrogens with one attached hydrogen (secondary N) is 1. The molecule has 3 heteroatoms. The van der Waals surface area contributed by atoms with Crippen LogP contribution < -0.4 is 0 Å². The van der Waals surface area contributed by atoms with Gasteiger partial charge < -0.3 is 9.88 Å². The van der Waals surface area contributed by atoms with Gasteiger partial charge in [-0.2, -0.15) is 0 Å². The molecule has 0 saturated heterocycles. The van der Waals surface area contributed by atoms with Crippen LogP contribution in [-0.2, 0) is 0 Å². The molecular weight excluding hydrogens is 224 g/mol. The maximum absolute atomic E-state index is 12.5. The number of H-pyrrole nitrogens is 1. The van der Waals surface area contributed by atoms with Crippen molar-refractivity contribution in [3.63, 3.8) is 0 Å². The van der Waals surface area contributed by atoms with Gasteiger partial charge in [-0.05, 0) is 39.3 Å². The minimum Gasteiger partial charge on any atom is -0.358 e. The van der Waals surface area contributed by atoms with Crippen molar-refractivity contribution in [2.45, 2.75) is 27.7 Å². The number of hydrogen-bond donors (Lipinski definition) is 1. The summed E-state index contributed by atoms with van der Waals surface area (Å²) in [5.74, 6) is 0.118. The molecular formula is C15H20N2O. The third-order valence-corrected chi connectivity index (χ3v) is 3.41. The maximum atomic E-state index is 12.5. The summed E-state index contributed by atoms with van der Waals surface area (Å²) >= 11 is 0. The molecule has 1 aromatic carbocycles. The van der Waals surface area contributed by atoms with Crippen molar-refractivity contribution in [1.29, 1.82) is 0 Å². The molecule has 0 bridgehead atoms. The Labute approximate surface area is 108 Å². The van der Waals surface area contributed by atoms with E-state index in [4.69, 9.17) is 0 Å². The average Bonchev–Trinajstić information content (AvgIpc) is 2.65. The second kappa shape index (κ2) is 4.84. The van der Waals surface area contributed by atoms with Crippen LogP contribution in [0.4, 0.5) is 0 Å². The molecule has 0 aliphatic rings.